The number of rotatable bonds is 14. The van der Waals surface area contributed by atoms with Crippen LogP contribution in [-0.2, 0) is 29.3 Å². The van der Waals surface area contributed by atoms with Gasteiger partial charge in [0.2, 0.25) is 11.8 Å². The highest BCUT2D eigenvalue weighted by Crippen LogP contribution is 2.08. The second-order valence-electron chi connectivity index (χ2n) is 8.28. The molecule has 2 heterocycles. The van der Waals surface area contributed by atoms with Crippen molar-refractivity contribution in [2.24, 2.45) is 0 Å². The number of nitrogens with one attached hydrogen (secondary N) is 2. The minimum Gasteiger partial charge on any atom is -0.339 e. The maximum absolute atomic E-state index is 12.1. The van der Waals surface area contributed by atoms with Gasteiger partial charge in [-0.2, -0.15) is 0 Å². The summed E-state index contributed by atoms with van der Waals surface area (Å²) in [4.78, 5) is 27.9. The summed E-state index contributed by atoms with van der Waals surface area (Å²) in [6.45, 7) is 4.55. The fourth-order valence-corrected chi connectivity index (χ4v) is 6.14. The van der Waals surface area contributed by atoms with Crippen LogP contribution in [0.15, 0.2) is 0 Å². The van der Waals surface area contributed by atoms with Gasteiger partial charge in [0.15, 0.2) is 19.7 Å². The average Bonchev–Trinajstić information content (AvgIpc) is 3.42. The van der Waals surface area contributed by atoms with Crippen LogP contribution in [0.3, 0.4) is 0 Å². The molecule has 0 bridgehead atoms. The molecule has 10 nitrogen and oxygen atoms in total. The number of hydrogen-bond donors (Lipinski definition) is 2. The number of sulfone groups is 2. The molecule has 180 valence electrons. The van der Waals surface area contributed by atoms with E-state index in [1.807, 2.05) is 0 Å². The van der Waals surface area contributed by atoms with E-state index in [1.165, 1.54) is 0 Å². The van der Waals surface area contributed by atoms with Crippen LogP contribution in [-0.4, -0.2) is 107 Å². The first-order chi connectivity index (χ1) is 14.7. The van der Waals surface area contributed by atoms with Crippen LogP contribution in [0, 0.1) is 0 Å². The predicted molar refractivity (Wildman–Crippen MR) is 119 cm³/mol. The van der Waals surface area contributed by atoms with Gasteiger partial charge in [0, 0.05) is 25.9 Å². The van der Waals surface area contributed by atoms with E-state index >= 15 is 0 Å². The monoisotopic (exact) mass is 480 g/mol. The molecule has 0 spiro atoms. The fourth-order valence-electron chi connectivity index (χ4n) is 3.67. The van der Waals surface area contributed by atoms with E-state index in [9.17, 15) is 26.4 Å². The van der Waals surface area contributed by atoms with Crippen LogP contribution in [0.25, 0.3) is 0 Å². The molecule has 0 saturated carbocycles. The highest BCUT2D eigenvalue weighted by molar-refractivity contribution is 7.91. The van der Waals surface area contributed by atoms with Gasteiger partial charge in [-0.25, -0.2) is 16.8 Å². The lowest BCUT2D eigenvalue weighted by Gasteiger charge is -2.14. The Bertz CT molecular complexity index is 722. The number of amides is 2. The smallest absolute Gasteiger partial charge is 0.222 e. The molecule has 2 fully saturated rings. The van der Waals surface area contributed by atoms with E-state index in [0.29, 0.717) is 13.1 Å². The van der Waals surface area contributed by atoms with Crippen molar-refractivity contribution >= 4 is 31.5 Å². The zero-order valence-corrected chi connectivity index (χ0v) is 19.8. The summed E-state index contributed by atoms with van der Waals surface area (Å²) in [6, 6.07) is 0. The number of carbonyl (C=O) groups excluding carboxylic acids is 2. The lowest BCUT2D eigenvalue weighted by atomic mass is 10.4. The van der Waals surface area contributed by atoms with Crippen molar-refractivity contribution in [3.05, 3.63) is 0 Å². The number of nitrogens with zero attached hydrogens (tertiary/aromatic N) is 2. The van der Waals surface area contributed by atoms with Gasteiger partial charge in [-0.15, -0.1) is 0 Å². The van der Waals surface area contributed by atoms with E-state index in [4.69, 9.17) is 0 Å². The Morgan fingerprint density at radius 1 is 0.613 bits per heavy atom. The molecule has 0 atom stereocenters. The molecule has 0 aromatic heterocycles. The summed E-state index contributed by atoms with van der Waals surface area (Å²) in [5.74, 6) is -1.30. The number of carbonyl (C=O) groups is 2. The molecule has 2 aliphatic rings. The van der Waals surface area contributed by atoms with Crippen LogP contribution < -0.4 is 10.6 Å². The Balaban J connectivity index is 1.53. The summed E-state index contributed by atoms with van der Waals surface area (Å²) in [6.07, 6.45) is 4.06. The molecule has 31 heavy (non-hydrogen) atoms. The van der Waals surface area contributed by atoms with Crippen LogP contribution in [0.1, 0.15) is 38.5 Å². The summed E-state index contributed by atoms with van der Waals surface area (Å²) < 4.78 is 48.2. The topological polar surface area (TPSA) is 133 Å². The molecule has 12 heteroatoms. The second-order valence-corrected chi connectivity index (χ2v) is 12.9. The molecule has 0 aliphatic carbocycles. The van der Waals surface area contributed by atoms with Gasteiger partial charge in [0.1, 0.15) is 0 Å². The van der Waals surface area contributed by atoms with E-state index in [-0.39, 0.29) is 42.5 Å². The van der Waals surface area contributed by atoms with Gasteiger partial charge in [-0.05, 0) is 51.9 Å². The average molecular weight is 481 g/mol. The Hall–Kier alpha value is -1.24. The lowest BCUT2D eigenvalue weighted by molar-refractivity contribution is -0.122. The van der Waals surface area contributed by atoms with Crippen molar-refractivity contribution in [2.75, 3.05) is 68.9 Å². The molecular weight excluding hydrogens is 444 g/mol. The Kier molecular flexibility index (Phi) is 10.7. The molecule has 2 rings (SSSR count). The van der Waals surface area contributed by atoms with Gasteiger partial charge in [-0.3, -0.25) is 9.59 Å². The lowest BCUT2D eigenvalue weighted by Crippen LogP contribution is -2.38. The van der Waals surface area contributed by atoms with Crippen LogP contribution in [0.2, 0.25) is 0 Å². The van der Waals surface area contributed by atoms with Crippen molar-refractivity contribution in [1.82, 2.24) is 20.4 Å². The third kappa shape index (κ3) is 11.3. The third-order valence-electron chi connectivity index (χ3n) is 5.69. The minimum atomic E-state index is -3.30. The summed E-state index contributed by atoms with van der Waals surface area (Å²) in [5, 5.41) is 4.88. The Morgan fingerprint density at radius 3 is 1.32 bits per heavy atom. The Morgan fingerprint density at radius 2 is 0.968 bits per heavy atom. The van der Waals surface area contributed by atoms with Crippen molar-refractivity contribution in [3.63, 3.8) is 0 Å². The molecule has 0 aromatic rings. The van der Waals surface area contributed by atoms with Gasteiger partial charge in [0.05, 0.1) is 29.7 Å². The first-order valence-electron chi connectivity index (χ1n) is 11.0. The second kappa shape index (κ2) is 12.7. The zero-order valence-electron chi connectivity index (χ0n) is 18.2. The standard InChI is InChI=1S/C19H36N4O6S2/c24-18(5-13-30(26,27)15-11-22-7-1-2-8-22)20-17-21-19(25)6-14-31(28,29)16-12-23-9-3-4-10-23/h1-17H2,(H,20,24)(H,21,25). The van der Waals surface area contributed by atoms with Gasteiger partial charge in [0.25, 0.3) is 0 Å². The number of hydrogen-bond acceptors (Lipinski definition) is 8. The highest BCUT2D eigenvalue weighted by atomic mass is 32.2. The summed E-state index contributed by atoms with van der Waals surface area (Å²) in [7, 11) is -6.60. The minimum absolute atomic E-state index is 0.0449. The molecule has 0 unspecified atom stereocenters. The maximum atomic E-state index is 12.1. The highest BCUT2D eigenvalue weighted by Gasteiger charge is 2.19. The Labute approximate surface area is 185 Å². The number of likely N-dealkylation sites (tertiary alicyclic amines) is 2. The van der Waals surface area contributed by atoms with E-state index in [2.05, 4.69) is 20.4 Å². The fraction of sp³-hybridized carbons (Fsp3) is 0.895. The molecule has 0 aromatic carbocycles. The quantitative estimate of drug-likeness (QED) is 0.302. The first-order valence-corrected chi connectivity index (χ1v) is 14.7. The maximum Gasteiger partial charge on any atom is 0.222 e. The van der Waals surface area contributed by atoms with Gasteiger partial charge >= 0.3 is 0 Å². The third-order valence-corrected chi connectivity index (χ3v) is 8.95. The zero-order chi connectivity index (χ0) is 22.7. The van der Waals surface area contributed by atoms with E-state index in [1.54, 1.807) is 0 Å². The molecule has 2 aliphatic heterocycles. The van der Waals surface area contributed by atoms with E-state index in [0.717, 1.165) is 51.9 Å². The van der Waals surface area contributed by atoms with Crippen molar-refractivity contribution < 1.29 is 26.4 Å². The normalized spacial score (nSPS) is 18.3. The predicted octanol–water partition coefficient (Wildman–Crippen LogP) is -1.02. The molecular formula is C19H36N4O6S2. The molecule has 2 amide bonds. The van der Waals surface area contributed by atoms with Crippen LogP contribution >= 0.6 is 0 Å². The molecule has 0 radical (unpaired) electrons. The van der Waals surface area contributed by atoms with Crippen molar-refractivity contribution in [3.8, 4) is 0 Å². The van der Waals surface area contributed by atoms with Crippen molar-refractivity contribution in [2.45, 2.75) is 38.5 Å². The molecule has 2 N–H and O–H groups in total. The van der Waals surface area contributed by atoms with Crippen LogP contribution in [0.4, 0.5) is 0 Å². The SMILES string of the molecule is O=C(CCS(=O)(=O)CCN1CCCC1)NCNC(=O)CCS(=O)(=O)CCN1CCCC1. The van der Waals surface area contributed by atoms with Crippen molar-refractivity contribution in [1.29, 1.82) is 0 Å². The van der Waals surface area contributed by atoms with Gasteiger partial charge < -0.3 is 20.4 Å². The summed E-state index contributed by atoms with van der Waals surface area (Å²) >= 11 is 0. The van der Waals surface area contributed by atoms with Crippen LogP contribution in [0.5, 0.6) is 0 Å². The summed E-state index contributed by atoms with van der Waals surface area (Å²) in [5.41, 5.74) is 0. The molecule has 2 saturated heterocycles. The van der Waals surface area contributed by atoms with E-state index < -0.39 is 31.5 Å². The van der Waals surface area contributed by atoms with Gasteiger partial charge in [-0.1, -0.05) is 0 Å². The first kappa shape index (κ1) is 26.0. The largest absolute Gasteiger partial charge is 0.339 e.